The van der Waals surface area contributed by atoms with E-state index in [1.54, 1.807) is 0 Å². The van der Waals surface area contributed by atoms with E-state index in [0.717, 1.165) is 7.11 Å². The second-order valence-corrected chi connectivity index (χ2v) is 4.43. The van der Waals surface area contributed by atoms with E-state index >= 15 is 0 Å². The first kappa shape index (κ1) is 12.5. The summed E-state index contributed by atoms with van der Waals surface area (Å²) < 4.78 is 31.7. The van der Waals surface area contributed by atoms with Crippen molar-refractivity contribution in [3.05, 3.63) is 23.8 Å². The molecular weight excluding hydrogens is 234 g/mol. The highest BCUT2D eigenvalue weighted by Gasteiger charge is 2.20. The summed E-state index contributed by atoms with van der Waals surface area (Å²) in [6.45, 7) is 0. The van der Waals surface area contributed by atoms with Gasteiger partial charge in [-0.1, -0.05) is 0 Å². The third-order valence-corrected chi connectivity index (χ3v) is 2.87. The maximum atomic E-state index is 11.4. The molecule has 0 unspecified atom stereocenters. The van der Waals surface area contributed by atoms with Crippen LogP contribution >= 0.6 is 0 Å². The number of benzene rings is 1. The van der Waals surface area contributed by atoms with Gasteiger partial charge >= 0.3 is 5.97 Å². The van der Waals surface area contributed by atoms with Gasteiger partial charge in [0.2, 0.25) is 10.0 Å². The zero-order chi connectivity index (χ0) is 12.3. The van der Waals surface area contributed by atoms with Crippen molar-refractivity contribution in [1.82, 2.24) is 0 Å². The van der Waals surface area contributed by atoms with Crippen LogP contribution in [0.2, 0.25) is 0 Å². The van der Waals surface area contributed by atoms with Gasteiger partial charge in [-0.3, -0.25) is 0 Å². The molecule has 1 aromatic carbocycles. The molecule has 88 valence electrons. The summed E-state index contributed by atoms with van der Waals surface area (Å²) in [5.41, 5.74) is -0.149. The molecule has 0 aromatic heterocycles. The number of rotatable bonds is 3. The fraction of sp³-hybridized carbons (Fsp3) is 0.222. The average molecular weight is 245 g/mol. The number of hydrogen-bond donors (Lipinski definition) is 1. The zero-order valence-electron chi connectivity index (χ0n) is 8.76. The second kappa shape index (κ2) is 4.50. The molecule has 0 radical (unpaired) electrons. The van der Waals surface area contributed by atoms with E-state index in [1.165, 1.54) is 25.3 Å². The Hall–Kier alpha value is -1.60. The Kier molecular flexibility index (Phi) is 3.51. The number of carbonyl (C=O) groups excluding carboxylic acids is 1. The molecule has 0 bridgehead atoms. The molecule has 2 N–H and O–H groups in total. The monoisotopic (exact) mass is 245 g/mol. The maximum absolute atomic E-state index is 11.4. The normalized spacial score (nSPS) is 10.9. The minimum atomic E-state index is -3.97. The number of sulfonamides is 1. The van der Waals surface area contributed by atoms with E-state index in [9.17, 15) is 13.2 Å². The number of nitrogens with two attached hydrogens (primary N) is 1. The molecule has 1 rings (SSSR count). The molecule has 0 aliphatic rings. The quantitative estimate of drug-likeness (QED) is 0.763. The Balaban J connectivity index is 3.45. The molecule has 0 aliphatic carbocycles. The smallest absolute Gasteiger partial charge is 0.339 e. The van der Waals surface area contributed by atoms with E-state index < -0.39 is 16.0 Å². The fourth-order valence-electron chi connectivity index (χ4n) is 1.15. The Labute approximate surface area is 93.0 Å². The minimum Gasteiger partial charge on any atom is -0.497 e. The Bertz CT molecular complexity index is 509. The molecular formula is C9H11NO5S. The highest BCUT2D eigenvalue weighted by Crippen LogP contribution is 2.21. The summed E-state index contributed by atoms with van der Waals surface area (Å²) in [4.78, 5) is 11.1. The number of methoxy groups -OCH3 is 2. The van der Waals surface area contributed by atoms with Crippen molar-refractivity contribution >= 4 is 16.0 Å². The van der Waals surface area contributed by atoms with Gasteiger partial charge in [0.05, 0.1) is 24.7 Å². The van der Waals surface area contributed by atoms with E-state index in [4.69, 9.17) is 9.88 Å². The summed E-state index contributed by atoms with van der Waals surface area (Å²) in [6, 6.07) is 3.85. The van der Waals surface area contributed by atoms with Gasteiger partial charge in [-0.25, -0.2) is 18.4 Å². The van der Waals surface area contributed by atoms with Gasteiger partial charge in [0, 0.05) is 0 Å². The van der Waals surface area contributed by atoms with Crippen LogP contribution in [-0.4, -0.2) is 28.6 Å². The van der Waals surface area contributed by atoms with Gasteiger partial charge in [0.1, 0.15) is 5.75 Å². The molecule has 0 fully saturated rings. The number of primary sulfonamides is 1. The standard InChI is InChI=1S/C9H11NO5S/c1-14-6-3-4-8(16(10,12)13)7(5-6)9(11)15-2/h3-5H,1-2H3,(H2,10,12,13). The van der Waals surface area contributed by atoms with Crippen molar-refractivity contribution in [2.24, 2.45) is 5.14 Å². The van der Waals surface area contributed by atoms with Crippen LogP contribution in [0.15, 0.2) is 23.1 Å². The highest BCUT2D eigenvalue weighted by molar-refractivity contribution is 7.89. The highest BCUT2D eigenvalue weighted by atomic mass is 32.2. The van der Waals surface area contributed by atoms with Gasteiger partial charge < -0.3 is 9.47 Å². The SMILES string of the molecule is COC(=O)c1cc(OC)ccc1S(N)(=O)=O. The van der Waals surface area contributed by atoms with Gasteiger partial charge in [0.15, 0.2) is 0 Å². The first-order valence-electron chi connectivity index (χ1n) is 4.19. The summed E-state index contributed by atoms with van der Waals surface area (Å²) in [6.07, 6.45) is 0. The van der Waals surface area contributed by atoms with E-state index in [1.807, 2.05) is 0 Å². The minimum absolute atomic E-state index is 0.149. The molecule has 6 nitrogen and oxygen atoms in total. The van der Waals surface area contributed by atoms with E-state index in [2.05, 4.69) is 4.74 Å². The van der Waals surface area contributed by atoms with Crippen LogP contribution in [0.25, 0.3) is 0 Å². The maximum Gasteiger partial charge on any atom is 0.339 e. The third-order valence-electron chi connectivity index (χ3n) is 1.90. The molecule has 16 heavy (non-hydrogen) atoms. The first-order chi connectivity index (χ1) is 7.40. The lowest BCUT2D eigenvalue weighted by atomic mass is 10.2. The van der Waals surface area contributed by atoms with Crippen molar-refractivity contribution in [3.63, 3.8) is 0 Å². The van der Waals surface area contributed by atoms with Crippen LogP contribution in [0, 0.1) is 0 Å². The first-order valence-corrected chi connectivity index (χ1v) is 5.74. The van der Waals surface area contributed by atoms with Gasteiger partial charge in [-0.2, -0.15) is 0 Å². The summed E-state index contributed by atoms with van der Waals surface area (Å²) in [5.74, 6) is -0.448. The van der Waals surface area contributed by atoms with Gasteiger partial charge in [0.25, 0.3) is 0 Å². The second-order valence-electron chi connectivity index (χ2n) is 2.90. The Morgan fingerprint density at radius 1 is 1.31 bits per heavy atom. The van der Waals surface area contributed by atoms with Crippen molar-refractivity contribution in [2.75, 3.05) is 14.2 Å². The van der Waals surface area contributed by atoms with E-state index in [-0.39, 0.29) is 10.5 Å². The average Bonchev–Trinajstić information content (AvgIpc) is 2.25. The van der Waals surface area contributed by atoms with Crippen LogP contribution in [0.3, 0.4) is 0 Å². The lowest BCUT2D eigenvalue weighted by molar-refractivity contribution is 0.0596. The number of carbonyl (C=O) groups is 1. The van der Waals surface area contributed by atoms with Crippen LogP contribution in [-0.2, 0) is 14.8 Å². The molecule has 1 aromatic rings. The molecule has 0 atom stereocenters. The Morgan fingerprint density at radius 3 is 2.38 bits per heavy atom. The number of ether oxygens (including phenoxy) is 2. The van der Waals surface area contributed by atoms with Crippen molar-refractivity contribution in [3.8, 4) is 5.75 Å². The van der Waals surface area contributed by atoms with E-state index in [0.29, 0.717) is 5.75 Å². The summed E-state index contributed by atoms with van der Waals surface area (Å²) in [5, 5.41) is 4.97. The van der Waals surface area contributed by atoms with Crippen LogP contribution in [0.4, 0.5) is 0 Å². The number of hydrogen-bond acceptors (Lipinski definition) is 5. The zero-order valence-corrected chi connectivity index (χ0v) is 9.58. The third kappa shape index (κ3) is 2.50. The van der Waals surface area contributed by atoms with Gasteiger partial charge in [-0.15, -0.1) is 0 Å². The predicted molar refractivity (Wildman–Crippen MR) is 55.7 cm³/mol. The molecule has 0 aliphatic heterocycles. The molecule has 0 saturated heterocycles. The predicted octanol–water partition coefficient (Wildman–Crippen LogP) is 0.129. The van der Waals surface area contributed by atoms with Crippen molar-refractivity contribution in [1.29, 1.82) is 0 Å². The molecule has 0 heterocycles. The van der Waals surface area contributed by atoms with Crippen molar-refractivity contribution in [2.45, 2.75) is 4.90 Å². The Morgan fingerprint density at radius 2 is 1.94 bits per heavy atom. The lowest BCUT2D eigenvalue weighted by Crippen LogP contribution is -2.17. The molecule has 0 amide bonds. The topological polar surface area (TPSA) is 95.7 Å². The van der Waals surface area contributed by atoms with Crippen LogP contribution in [0.1, 0.15) is 10.4 Å². The fourth-order valence-corrected chi connectivity index (χ4v) is 1.86. The summed E-state index contributed by atoms with van der Waals surface area (Å²) >= 11 is 0. The van der Waals surface area contributed by atoms with Crippen LogP contribution in [0.5, 0.6) is 5.75 Å². The van der Waals surface area contributed by atoms with Crippen LogP contribution < -0.4 is 9.88 Å². The molecule has 0 spiro atoms. The lowest BCUT2D eigenvalue weighted by Gasteiger charge is -2.07. The van der Waals surface area contributed by atoms with Gasteiger partial charge in [-0.05, 0) is 18.2 Å². The summed E-state index contributed by atoms with van der Waals surface area (Å²) in [7, 11) is -1.43. The largest absolute Gasteiger partial charge is 0.497 e. The molecule has 7 heteroatoms. The number of esters is 1. The van der Waals surface area contributed by atoms with Crippen molar-refractivity contribution < 1.29 is 22.7 Å². The molecule has 0 saturated carbocycles.